The fourth-order valence-electron chi connectivity index (χ4n) is 3.02. The molecule has 2 amide bonds. The van der Waals surface area contributed by atoms with Crippen LogP contribution in [0.4, 0.5) is 15.8 Å². The second-order valence-electron chi connectivity index (χ2n) is 6.74. The second kappa shape index (κ2) is 8.66. The van der Waals surface area contributed by atoms with Gasteiger partial charge in [-0.15, -0.1) is 0 Å². The van der Waals surface area contributed by atoms with Crippen molar-refractivity contribution in [3.63, 3.8) is 0 Å². The number of benzene rings is 3. The van der Waals surface area contributed by atoms with Crippen LogP contribution < -0.4 is 15.4 Å². The van der Waals surface area contributed by atoms with Crippen LogP contribution in [0.5, 0.6) is 5.75 Å². The Hall–Kier alpha value is -4.20. The van der Waals surface area contributed by atoms with Gasteiger partial charge in [0.2, 0.25) is 6.10 Å². The zero-order chi connectivity index (χ0) is 21.8. The van der Waals surface area contributed by atoms with E-state index < -0.39 is 23.8 Å². The van der Waals surface area contributed by atoms with Gasteiger partial charge in [-0.25, -0.2) is 9.18 Å². The number of fused-ring (bicyclic) bond motifs is 1. The molecule has 3 aromatic rings. The van der Waals surface area contributed by atoms with Crippen molar-refractivity contribution in [2.75, 3.05) is 17.2 Å². The predicted octanol–water partition coefficient (Wildman–Crippen LogP) is 3.69. The number of hydrogen-bond acceptors (Lipinski definition) is 5. The van der Waals surface area contributed by atoms with E-state index in [1.807, 2.05) is 0 Å². The molecule has 0 saturated carbocycles. The lowest BCUT2D eigenvalue weighted by molar-refractivity contribution is -0.125. The van der Waals surface area contributed by atoms with Crippen molar-refractivity contribution in [3.8, 4) is 5.75 Å². The fourth-order valence-corrected chi connectivity index (χ4v) is 3.02. The van der Waals surface area contributed by atoms with Crippen LogP contribution in [0.2, 0.25) is 0 Å². The highest BCUT2D eigenvalue weighted by atomic mass is 19.1. The highest BCUT2D eigenvalue weighted by Crippen LogP contribution is 2.30. The van der Waals surface area contributed by atoms with Crippen molar-refractivity contribution < 1.29 is 28.2 Å². The average Bonchev–Trinajstić information content (AvgIpc) is 2.79. The standard InChI is InChI=1S/C23H17FN2O5/c24-16-7-9-17(10-8-16)25-22(28)21(14-4-2-1-3-5-14)31-23(29)15-6-11-18-19(12-15)30-13-20(27)26-18/h1-12,21H,13H2,(H,25,28)(H,26,27). The molecule has 1 aliphatic heterocycles. The van der Waals surface area contributed by atoms with Gasteiger partial charge in [0, 0.05) is 11.3 Å². The molecule has 2 N–H and O–H groups in total. The lowest BCUT2D eigenvalue weighted by Gasteiger charge is -2.20. The Balaban J connectivity index is 1.56. The number of hydrogen-bond donors (Lipinski definition) is 2. The molecule has 3 aromatic carbocycles. The average molecular weight is 420 g/mol. The van der Waals surface area contributed by atoms with E-state index in [2.05, 4.69) is 10.6 Å². The van der Waals surface area contributed by atoms with Crippen LogP contribution in [0, 0.1) is 5.82 Å². The van der Waals surface area contributed by atoms with E-state index in [0.717, 1.165) is 0 Å². The molecule has 1 aliphatic rings. The lowest BCUT2D eigenvalue weighted by Crippen LogP contribution is -2.27. The zero-order valence-electron chi connectivity index (χ0n) is 16.1. The van der Waals surface area contributed by atoms with Crippen LogP contribution >= 0.6 is 0 Å². The monoisotopic (exact) mass is 420 g/mol. The SMILES string of the molecule is O=C1COc2cc(C(=O)OC(C(=O)Nc3ccc(F)cc3)c3ccccc3)ccc2N1. The smallest absolute Gasteiger partial charge is 0.339 e. The highest BCUT2D eigenvalue weighted by molar-refractivity contribution is 6.00. The maximum atomic E-state index is 13.1. The highest BCUT2D eigenvalue weighted by Gasteiger charge is 2.27. The molecular formula is C23H17FN2O5. The summed E-state index contributed by atoms with van der Waals surface area (Å²) in [4.78, 5) is 37.1. The summed E-state index contributed by atoms with van der Waals surface area (Å²) in [6, 6.07) is 18.2. The van der Waals surface area contributed by atoms with E-state index in [4.69, 9.17) is 9.47 Å². The van der Waals surface area contributed by atoms with E-state index in [1.54, 1.807) is 30.3 Å². The molecule has 0 aromatic heterocycles. The molecule has 1 atom stereocenters. The van der Waals surface area contributed by atoms with Crippen molar-refractivity contribution in [2.24, 2.45) is 0 Å². The maximum absolute atomic E-state index is 13.1. The number of esters is 1. The van der Waals surface area contributed by atoms with Gasteiger partial charge < -0.3 is 20.1 Å². The van der Waals surface area contributed by atoms with E-state index in [1.165, 1.54) is 42.5 Å². The Bertz CT molecular complexity index is 1130. The number of nitrogens with one attached hydrogen (secondary N) is 2. The zero-order valence-corrected chi connectivity index (χ0v) is 16.1. The second-order valence-corrected chi connectivity index (χ2v) is 6.74. The summed E-state index contributed by atoms with van der Waals surface area (Å²) in [6.45, 7) is -0.155. The van der Waals surface area contributed by atoms with Crippen molar-refractivity contribution >= 4 is 29.2 Å². The summed E-state index contributed by atoms with van der Waals surface area (Å²) >= 11 is 0. The number of amides is 2. The lowest BCUT2D eigenvalue weighted by atomic mass is 10.1. The minimum Gasteiger partial charge on any atom is -0.482 e. The Labute approximate surface area is 176 Å². The van der Waals surface area contributed by atoms with Gasteiger partial charge in [-0.1, -0.05) is 30.3 Å². The Morgan fingerprint density at radius 1 is 1.03 bits per heavy atom. The molecule has 0 fully saturated rings. The molecule has 0 saturated heterocycles. The van der Waals surface area contributed by atoms with E-state index >= 15 is 0 Å². The summed E-state index contributed by atoms with van der Waals surface area (Å²) in [6.07, 6.45) is -1.24. The van der Waals surface area contributed by atoms with Crippen LogP contribution in [0.15, 0.2) is 72.8 Å². The Kier molecular flexibility index (Phi) is 5.61. The van der Waals surface area contributed by atoms with Crippen LogP contribution in [0.1, 0.15) is 22.0 Å². The summed E-state index contributed by atoms with van der Waals surface area (Å²) in [5.41, 5.74) is 1.44. The first kappa shape index (κ1) is 20.1. The summed E-state index contributed by atoms with van der Waals surface area (Å²) in [7, 11) is 0. The molecule has 4 rings (SSSR count). The van der Waals surface area contributed by atoms with Gasteiger partial charge in [0.05, 0.1) is 11.3 Å². The van der Waals surface area contributed by atoms with Crippen LogP contribution in [-0.4, -0.2) is 24.4 Å². The van der Waals surface area contributed by atoms with Crippen molar-refractivity contribution in [3.05, 3.63) is 89.7 Å². The first-order chi connectivity index (χ1) is 15.0. The van der Waals surface area contributed by atoms with Gasteiger partial charge in [-0.2, -0.15) is 0 Å². The van der Waals surface area contributed by atoms with Gasteiger partial charge in [0.15, 0.2) is 6.61 Å². The molecule has 0 radical (unpaired) electrons. The first-order valence-electron chi connectivity index (χ1n) is 9.38. The number of carbonyl (C=O) groups excluding carboxylic acids is 3. The van der Waals surface area contributed by atoms with Crippen LogP contribution in [0.3, 0.4) is 0 Å². The molecule has 0 bridgehead atoms. The van der Waals surface area contributed by atoms with E-state index in [9.17, 15) is 18.8 Å². The van der Waals surface area contributed by atoms with Crippen LogP contribution in [-0.2, 0) is 14.3 Å². The minimum absolute atomic E-state index is 0.155. The van der Waals surface area contributed by atoms with Gasteiger partial charge in [0.1, 0.15) is 11.6 Å². The number of anilines is 2. The molecular weight excluding hydrogens is 403 g/mol. The van der Waals surface area contributed by atoms with Gasteiger partial charge in [-0.05, 0) is 42.5 Å². The van der Waals surface area contributed by atoms with Gasteiger partial charge in [0.25, 0.3) is 11.8 Å². The largest absolute Gasteiger partial charge is 0.482 e. The van der Waals surface area contributed by atoms with E-state index in [-0.39, 0.29) is 18.1 Å². The maximum Gasteiger partial charge on any atom is 0.339 e. The number of carbonyl (C=O) groups is 3. The molecule has 8 heteroatoms. The third-order valence-corrected chi connectivity index (χ3v) is 4.53. The van der Waals surface area contributed by atoms with Gasteiger partial charge in [-0.3, -0.25) is 9.59 Å². The molecule has 1 heterocycles. The first-order valence-corrected chi connectivity index (χ1v) is 9.38. The molecule has 156 valence electrons. The summed E-state index contributed by atoms with van der Waals surface area (Å²) < 4.78 is 24.0. The quantitative estimate of drug-likeness (QED) is 0.614. The Morgan fingerprint density at radius 2 is 1.77 bits per heavy atom. The van der Waals surface area contributed by atoms with Crippen LogP contribution in [0.25, 0.3) is 0 Å². The molecule has 31 heavy (non-hydrogen) atoms. The normalized spacial score (nSPS) is 13.3. The number of rotatable bonds is 5. The third kappa shape index (κ3) is 4.69. The fraction of sp³-hybridized carbons (Fsp3) is 0.0870. The van der Waals surface area contributed by atoms with Crippen molar-refractivity contribution in [1.29, 1.82) is 0 Å². The summed E-state index contributed by atoms with van der Waals surface area (Å²) in [5, 5.41) is 5.26. The molecule has 7 nitrogen and oxygen atoms in total. The molecule has 1 unspecified atom stereocenters. The Morgan fingerprint density at radius 3 is 2.52 bits per heavy atom. The third-order valence-electron chi connectivity index (χ3n) is 4.53. The summed E-state index contributed by atoms with van der Waals surface area (Å²) in [5.74, 6) is -1.72. The number of halogens is 1. The molecule has 0 spiro atoms. The number of ether oxygens (including phenoxy) is 2. The molecule has 0 aliphatic carbocycles. The van der Waals surface area contributed by atoms with Crippen molar-refractivity contribution in [1.82, 2.24) is 0 Å². The van der Waals surface area contributed by atoms with Crippen molar-refractivity contribution in [2.45, 2.75) is 6.10 Å². The minimum atomic E-state index is -1.24. The predicted molar refractivity (Wildman–Crippen MR) is 110 cm³/mol. The van der Waals surface area contributed by atoms with Gasteiger partial charge >= 0.3 is 5.97 Å². The topological polar surface area (TPSA) is 93.7 Å². The van der Waals surface area contributed by atoms with E-state index in [0.29, 0.717) is 22.7 Å².